The van der Waals surface area contributed by atoms with E-state index in [1.807, 2.05) is 0 Å². The number of amides is 1. The predicted octanol–water partition coefficient (Wildman–Crippen LogP) is 3.76. The maximum absolute atomic E-state index is 12.9. The van der Waals surface area contributed by atoms with Crippen molar-refractivity contribution >= 4 is 35.0 Å². The van der Waals surface area contributed by atoms with Gasteiger partial charge in [0.25, 0.3) is 5.78 Å². The van der Waals surface area contributed by atoms with Gasteiger partial charge in [0.15, 0.2) is 0 Å². The monoisotopic (exact) mass is 391 g/mol. The van der Waals surface area contributed by atoms with E-state index >= 15 is 0 Å². The van der Waals surface area contributed by atoms with Gasteiger partial charge in [-0.15, -0.1) is 0 Å². The van der Waals surface area contributed by atoms with Gasteiger partial charge >= 0.3 is 5.91 Å². The minimum Gasteiger partial charge on any atom is -0.507 e. The molecule has 4 rings (SSSR count). The number of benzene rings is 2. The van der Waals surface area contributed by atoms with Crippen molar-refractivity contribution in [3.8, 4) is 0 Å². The van der Waals surface area contributed by atoms with E-state index in [1.165, 1.54) is 12.4 Å². The van der Waals surface area contributed by atoms with Crippen molar-refractivity contribution < 1.29 is 14.7 Å². The van der Waals surface area contributed by atoms with Crippen molar-refractivity contribution in [2.24, 2.45) is 0 Å². The lowest BCUT2D eigenvalue weighted by atomic mass is 9.95. The lowest BCUT2D eigenvalue weighted by molar-refractivity contribution is -0.132. The molecule has 0 saturated carbocycles. The quantitative estimate of drug-likeness (QED) is 0.417. The zero-order valence-electron chi connectivity index (χ0n) is 14.5. The standard InChI is InChI=1S/C21H14ClN3O3/c22-15-10-5-4-9-14(15)17-16(18(26)13-7-2-1-3-8-13)19(27)20(28)25(17)21-23-11-6-12-24-21/h1-12,17,26H/b18-16-/t17-/m1/s1. The Morgan fingerprint density at radius 1 is 0.929 bits per heavy atom. The molecule has 0 unspecified atom stereocenters. The Morgan fingerprint density at radius 2 is 1.57 bits per heavy atom. The number of aliphatic hydroxyl groups is 1. The van der Waals surface area contributed by atoms with Crippen LogP contribution < -0.4 is 4.90 Å². The topological polar surface area (TPSA) is 83.4 Å². The first-order chi connectivity index (χ1) is 13.6. The number of ketones is 1. The first kappa shape index (κ1) is 17.9. The van der Waals surface area contributed by atoms with Crippen LogP contribution in [0, 0.1) is 0 Å². The van der Waals surface area contributed by atoms with Gasteiger partial charge in [-0.25, -0.2) is 9.97 Å². The Bertz CT molecular complexity index is 1080. The van der Waals surface area contributed by atoms with Crippen molar-refractivity contribution in [3.63, 3.8) is 0 Å². The molecule has 1 aromatic heterocycles. The minimum atomic E-state index is -0.948. The van der Waals surface area contributed by atoms with Gasteiger partial charge < -0.3 is 5.11 Å². The Morgan fingerprint density at radius 3 is 2.25 bits per heavy atom. The highest BCUT2D eigenvalue weighted by atomic mass is 35.5. The molecule has 7 heteroatoms. The van der Waals surface area contributed by atoms with E-state index in [2.05, 4.69) is 9.97 Å². The number of carbonyl (C=O) groups is 2. The largest absolute Gasteiger partial charge is 0.507 e. The highest BCUT2D eigenvalue weighted by molar-refractivity contribution is 6.51. The molecule has 6 nitrogen and oxygen atoms in total. The number of aliphatic hydroxyl groups excluding tert-OH is 1. The molecule has 1 fully saturated rings. The third-order valence-corrected chi connectivity index (χ3v) is 4.80. The van der Waals surface area contributed by atoms with Gasteiger partial charge in [0.2, 0.25) is 5.95 Å². The van der Waals surface area contributed by atoms with Gasteiger partial charge in [-0.1, -0.05) is 60.1 Å². The van der Waals surface area contributed by atoms with Crippen LogP contribution in [0.3, 0.4) is 0 Å². The van der Waals surface area contributed by atoms with E-state index in [0.717, 1.165) is 4.90 Å². The van der Waals surface area contributed by atoms with Crippen LogP contribution in [-0.4, -0.2) is 26.8 Å². The van der Waals surface area contributed by atoms with Crippen molar-refractivity contribution in [1.29, 1.82) is 0 Å². The lowest BCUT2D eigenvalue weighted by Crippen LogP contribution is -2.31. The number of halogens is 1. The molecule has 1 saturated heterocycles. The Balaban J connectivity index is 1.98. The van der Waals surface area contributed by atoms with Crippen LogP contribution in [0.25, 0.3) is 5.76 Å². The maximum Gasteiger partial charge on any atom is 0.302 e. The molecule has 0 aliphatic carbocycles. The van der Waals surface area contributed by atoms with Crippen LogP contribution >= 0.6 is 11.6 Å². The Hall–Kier alpha value is -3.51. The van der Waals surface area contributed by atoms with Gasteiger partial charge in [0, 0.05) is 23.0 Å². The lowest BCUT2D eigenvalue weighted by Gasteiger charge is -2.24. The summed E-state index contributed by atoms with van der Waals surface area (Å²) in [5.74, 6) is -1.86. The fraction of sp³-hybridized carbons (Fsp3) is 0.0476. The van der Waals surface area contributed by atoms with E-state index in [-0.39, 0.29) is 17.3 Å². The number of carbonyl (C=O) groups excluding carboxylic acids is 2. The molecule has 138 valence electrons. The molecule has 1 atom stereocenters. The molecular weight excluding hydrogens is 378 g/mol. The summed E-state index contributed by atoms with van der Waals surface area (Å²) in [6, 6.07) is 16.1. The van der Waals surface area contributed by atoms with Crippen LogP contribution in [0.5, 0.6) is 0 Å². The fourth-order valence-corrected chi connectivity index (χ4v) is 3.44. The summed E-state index contributed by atoms with van der Waals surface area (Å²) >= 11 is 6.37. The molecule has 28 heavy (non-hydrogen) atoms. The van der Waals surface area contributed by atoms with E-state index in [9.17, 15) is 14.7 Å². The fourth-order valence-electron chi connectivity index (χ4n) is 3.20. The summed E-state index contributed by atoms with van der Waals surface area (Å²) in [5, 5.41) is 11.2. The number of anilines is 1. The predicted molar refractivity (Wildman–Crippen MR) is 105 cm³/mol. The van der Waals surface area contributed by atoms with E-state index in [4.69, 9.17) is 11.6 Å². The van der Waals surface area contributed by atoms with Crippen molar-refractivity contribution in [1.82, 2.24) is 9.97 Å². The zero-order valence-corrected chi connectivity index (χ0v) is 15.2. The highest BCUT2D eigenvalue weighted by Gasteiger charge is 2.48. The van der Waals surface area contributed by atoms with Gasteiger partial charge in [-0.2, -0.15) is 0 Å². The summed E-state index contributed by atoms with van der Waals surface area (Å²) in [7, 11) is 0. The molecule has 2 heterocycles. The normalized spacial score (nSPS) is 18.5. The van der Waals surface area contributed by atoms with Crippen molar-refractivity contribution in [3.05, 3.63) is 94.8 Å². The molecule has 1 amide bonds. The van der Waals surface area contributed by atoms with E-state index in [0.29, 0.717) is 16.1 Å². The molecule has 2 aromatic carbocycles. The van der Waals surface area contributed by atoms with Crippen LogP contribution in [-0.2, 0) is 9.59 Å². The van der Waals surface area contributed by atoms with Crippen LogP contribution in [0.2, 0.25) is 5.02 Å². The second kappa shape index (κ2) is 7.25. The average molecular weight is 392 g/mol. The first-order valence-corrected chi connectivity index (χ1v) is 8.85. The van der Waals surface area contributed by atoms with Crippen LogP contribution in [0.15, 0.2) is 78.6 Å². The summed E-state index contributed by atoms with van der Waals surface area (Å²) in [6.07, 6.45) is 2.95. The number of aromatic nitrogens is 2. The third kappa shape index (κ3) is 2.93. The molecule has 0 radical (unpaired) electrons. The SMILES string of the molecule is O=C1C(=O)N(c2ncccn2)[C@H](c2ccccc2Cl)/C1=C(/O)c1ccccc1. The summed E-state index contributed by atoms with van der Waals surface area (Å²) in [4.78, 5) is 35.1. The van der Waals surface area contributed by atoms with Crippen molar-refractivity contribution in [2.75, 3.05) is 4.90 Å². The van der Waals surface area contributed by atoms with Crippen molar-refractivity contribution in [2.45, 2.75) is 6.04 Å². The Labute approximate surface area is 165 Å². The average Bonchev–Trinajstić information content (AvgIpc) is 3.00. The Kier molecular flexibility index (Phi) is 4.63. The van der Waals surface area contributed by atoms with Gasteiger partial charge in [-0.05, 0) is 17.7 Å². The summed E-state index contributed by atoms with van der Waals surface area (Å²) in [5.41, 5.74) is 0.858. The number of hydrogen-bond donors (Lipinski definition) is 1. The minimum absolute atomic E-state index is 0.0571. The molecule has 1 N–H and O–H groups in total. The van der Waals surface area contributed by atoms with E-state index in [1.54, 1.807) is 60.7 Å². The smallest absolute Gasteiger partial charge is 0.302 e. The molecular formula is C21H14ClN3O3. The number of rotatable bonds is 3. The molecule has 1 aliphatic heterocycles. The second-order valence-electron chi connectivity index (χ2n) is 6.11. The second-order valence-corrected chi connectivity index (χ2v) is 6.51. The van der Waals surface area contributed by atoms with Gasteiger partial charge in [0.1, 0.15) is 5.76 Å². The molecule has 1 aliphatic rings. The number of nitrogens with zero attached hydrogens (tertiary/aromatic N) is 3. The molecule has 0 spiro atoms. The summed E-state index contributed by atoms with van der Waals surface area (Å²) in [6.45, 7) is 0. The number of hydrogen-bond acceptors (Lipinski definition) is 5. The van der Waals surface area contributed by atoms with Gasteiger partial charge in [0.05, 0.1) is 11.6 Å². The maximum atomic E-state index is 12.9. The number of Topliss-reactive ketones (excluding diaryl/α,β-unsaturated/α-hetero) is 1. The molecule has 3 aromatic rings. The van der Waals surface area contributed by atoms with Gasteiger partial charge in [-0.3, -0.25) is 14.5 Å². The van der Waals surface area contributed by atoms with Crippen LogP contribution in [0.4, 0.5) is 5.95 Å². The molecule has 0 bridgehead atoms. The highest BCUT2D eigenvalue weighted by Crippen LogP contribution is 2.42. The first-order valence-electron chi connectivity index (χ1n) is 8.47. The van der Waals surface area contributed by atoms with E-state index < -0.39 is 17.7 Å². The van der Waals surface area contributed by atoms with Crippen LogP contribution in [0.1, 0.15) is 17.2 Å². The third-order valence-electron chi connectivity index (χ3n) is 4.46. The zero-order chi connectivity index (χ0) is 19.7. The summed E-state index contributed by atoms with van der Waals surface area (Å²) < 4.78 is 0.